The monoisotopic (exact) mass is 344 g/mol. The first kappa shape index (κ1) is 16.9. The molecule has 1 aromatic rings. The van der Waals surface area contributed by atoms with Crippen LogP contribution in [0.1, 0.15) is 19.8 Å². The van der Waals surface area contributed by atoms with Crippen molar-refractivity contribution in [3.05, 3.63) is 28.2 Å². The molecule has 1 N–H and O–H groups in total. The van der Waals surface area contributed by atoms with Crippen molar-refractivity contribution in [2.45, 2.75) is 25.8 Å². The Hall–Kier alpha value is -1.46. The van der Waals surface area contributed by atoms with Gasteiger partial charge in [-0.25, -0.2) is 0 Å². The van der Waals surface area contributed by atoms with E-state index in [1.54, 1.807) is 30.0 Å². The average Bonchev–Trinajstić information content (AvgIpc) is 2.64. The van der Waals surface area contributed by atoms with Crippen molar-refractivity contribution in [1.29, 1.82) is 0 Å². The van der Waals surface area contributed by atoms with E-state index in [1.165, 1.54) is 0 Å². The smallest absolute Gasteiger partial charge is 0.242 e. The Morgan fingerprint density at radius 1 is 1.45 bits per heavy atom. The van der Waals surface area contributed by atoms with Gasteiger partial charge in [-0.1, -0.05) is 23.2 Å². The van der Waals surface area contributed by atoms with Crippen molar-refractivity contribution < 1.29 is 14.3 Å². The van der Waals surface area contributed by atoms with Crippen molar-refractivity contribution in [3.63, 3.8) is 0 Å². The molecular weight excluding hydrogens is 327 g/mol. The number of nitrogens with zero attached hydrogens (tertiary/aromatic N) is 1. The molecule has 2 amide bonds. The second-order valence-corrected chi connectivity index (χ2v) is 5.92. The Kier molecular flexibility index (Phi) is 5.91. The molecule has 120 valence electrons. The summed E-state index contributed by atoms with van der Waals surface area (Å²) in [5.74, 6) is 0.266. The summed E-state index contributed by atoms with van der Waals surface area (Å²) in [6.45, 7) is 3.10. The molecule has 0 aliphatic carbocycles. The summed E-state index contributed by atoms with van der Waals surface area (Å²) in [6, 6.07) is 4.47. The zero-order valence-corrected chi connectivity index (χ0v) is 13.8. The van der Waals surface area contributed by atoms with Gasteiger partial charge in [-0.15, -0.1) is 0 Å². The minimum absolute atomic E-state index is 0.102. The summed E-state index contributed by atoms with van der Waals surface area (Å²) in [5, 5.41) is 3.71. The topological polar surface area (TPSA) is 58.6 Å². The summed E-state index contributed by atoms with van der Waals surface area (Å²) in [5.41, 5.74) is 0. The predicted octanol–water partition coefficient (Wildman–Crippen LogP) is 2.50. The van der Waals surface area contributed by atoms with Crippen LogP contribution in [0.4, 0.5) is 0 Å². The third kappa shape index (κ3) is 4.27. The number of hydrogen-bond donors (Lipinski definition) is 1. The van der Waals surface area contributed by atoms with E-state index in [2.05, 4.69) is 5.32 Å². The number of halogens is 2. The molecule has 0 bridgehead atoms. The van der Waals surface area contributed by atoms with Gasteiger partial charge in [0.1, 0.15) is 11.8 Å². The quantitative estimate of drug-likeness (QED) is 0.912. The highest BCUT2D eigenvalue weighted by Crippen LogP contribution is 2.27. The van der Waals surface area contributed by atoms with Crippen molar-refractivity contribution in [3.8, 4) is 5.75 Å². The molecule has 1 aromatic carbocycles. The maximum absolute atomic E-state index is 12.2. The van der Waals surface area contributed by atoms with Gasteiger partial charge in [0.05, 0.1) is 18.1 Å². The minimum atomic E-state index is -0.450. The van der Waals surface area contributed by atoms with Crippen LogP contribution in [0.3, 0.4) is 0 Å². The highest BCUT2D eigenvalue weighted by atomic mass is 35.5. The predicted molar refractivity (Wildman–Crippen MR) is 85.4 cm³/mol. The van der Waals surface area contributed by atoms with Gasteiger partial charge in [-0.05, 0) is 31.5 Å². The molecule has 1 heterocycles. The first-order valence-corrected chi connectivity index (χ1v) is 7.89. The molecule has 22 heavy (non-hydrogen) atoms. The van der Waals surface area contributed by atoms with Crippen LogP contribution in [0.25, 0.3) is 0 Å². The highest BCUT2D eigenvalue weighted by Gasteiger charge is 2.27. The fraction of sp³-hybridized carbons (Fsp3) is 0.467. The second-order valence-electron chi connectivity index (χ2n) is 5.08. The normalized spacial score (nSPS) is 18.6. The van der Waals surface area contributed by atoms with E-state index in [-0.39, 0.29) is 24.8 Å². The van der Waals surface area contributed by atoms with E-state index < -0.39 is 6.04 Å². The molecule has 1 fully saturated rings. The lowest BCUT2D eigenvalue weighted by Gasteiger charge is -2.25. The fourth-order valence-electron chi connectivity index (χ4n) is 2.27. The van der Waals surface area contributed by atoms with Gasteiger partial charge in [0.2, 0.25) is 11.8 Å². The molecule has 0 saturated carbocycles. The molecule has 5 nitrogen and oxygen atoms in total. The van der Waals surface area contributed by atoms with Crippen LogP contribution in [0.5, 0.6) is 5.75 Å². The van der Waals surface area contributed by atoms with Crippen molar-refractivity contribution in [2.75, 3.05) is 19.7 Å². The Bertz CT molecular complexity index is 566. The number of hydrogen-bond acceptors (Lipinski definition) is 3. The minimum Gasteiger partial charge on any atom is -0.491 e. The van der Waals surface area contributed by atoms with E-state index >= 15 is 0 Å². The standard InChI is InChI=1S/C15H18Cl2N2O3/c1-10-15(21)18-6-2-7-19(10)14(20)5-8-22-13-4-3-11(16)9-12(13)17/h3-4,9-10H,2,5-8H2,1H3,(H,18,21)/t10-/m0/s1. The number of carbonyl (C=O) groups excluding carboxylic acids is 2. The molecule has 0 unspecified atom stereocenters. The molecule has 0 aromatic heterocycles. The van der Waals surface area contributed by atoms with Gasteiger partial charge in [-0.2, -0.15) is 0 Å². The van der Waals surface area contributed by atoms with Crippen LogP contribution in [-0.2, 0) is 9.59 Å². The zero-order chi connectivity index (χ0) is 16.1. The number of benzene rings is 1. The second kappa shape index (κ2) is 7.70. The third-order valence-electron chi connectivity index (χ3n) is 3.51. The number of rotatable bonds is 4. The maximum Gasteiger partial charge on any atom is 0.242 e. The molecule has 7 heteroatoms. The van der Waals surface area contributed by atoms with Gasteiger partial charge >= 0.3 is 0 Å². The van der Waals surface area contributed by atoms with Crippen LogP contribution >= 0.6 is 23.2 Å². The van der Waals surface area contributed by atoms with E-state index in [0.717, 1.165) is 6.42 Å². The van der Waals surface area contributed by atoms with Crippen LogP contribution in [-0.4, -0.2) is 42.5 Å². The molecule has 0 spiro atoms. The van der Waals surface area contributed by atoms with E-state index in [0.29, 0.717) is 28.9 Å². The largest absolute Gasteiger partial charge is 0.491 e. The Morgan fingerprint density at radius 2 is 2.23 bits per heavy atom. The SMILES string of the molecule is C[C@H]1C(=O)NCCCN1C(=O)CCOc1ccc(Cl)cc1Cl. The van der Waals surface area contributed by atoms with Crippen LogP contribution in [0, 0.1) is 0 Å². The molecule has 1 saturated heterocycles. The lowest BCUT2D eigenvalue weighted by molar-refractivity contribution is -0.139. The average molecular weight is 345 g/mol. The Morgan fingerprint density at radius 3 is 2.95 bits per heavy atom. The molecule has 1 aliphatic rings. The van der Waals surface area contributed by atoms with Gasteiger partial charge in [-0.3, -0.25) is 9.59 Å². The van der Waals surface area contributed by atoms with E-state index in [4.69, 9.17) is 27.9 Å². The lowest BCUT2D eigenvalue weighted by atomic mass is 10.2. The van der Waals surface area contributed by atoms with Gasteiger partial charge < -0.3 is 15.0 Å². The Labute approximate surface area is 139 Å². The first-order valence-electron chi connectivity index (χ1n) is 7.14. The maximum atomic E-state index is 12.2. The molecule has 1 atom stereocenters. The summed E-state index contributed by atoms with van der Waals surface area (Å²) in [7, 11) is 0. The number of ether oxygens (including phenoxy) is 1. The van der Waals surface area contributed by atoms with Crippen LogP contribution in [0.15, 0.2) is 18.2 Å². The van der Waals surface area contributed by atoms with Crippen molar-refractivity contribution in [2.24, 2.45) is 0 Å². The number of amides is 2. The van der Waals surface area contributed by atoms with Crippen molar-refractivity contribution >= 4 is 35.0 Å². The van der Waals surface area contributed by atoms with Gasteiger partial charge in [0.15, 0.2) is 0 Å². The molecule has 0 radical (unpaired) electrons. The molecule has 1 aliphatic heterocycles. The van der Waals surface area contributed by atoms with Gasteiger partial charge in [0.25, 0.3) is 0 Å². The Balaban J connectivity index is 1.88. The summed E-state index contributed by atoms with van der Waals surface area (Å²) < 4.78 is 5.51. The van der Waals surface area contributed by atoms with Crippen molar-refractivity contribution in [1.82, 2.24) is 10.2 Å². The first-order chi connectivity index (χ1) is 10.5. The zero-order valence-electron chi connectivity index (χ0n) is 12.3. The molecular formula is C15H18Cl2N2O3. The summed E-state index contributed by atoms with van der Waals surface area (Å²) in [6.07, 6.45) is 0.947. The number of nitrogens with one attached hydrogen (secondary N) is 1. The van der Waals surface area contributed by atoms with Gasteiger partial charge in [0, 0.05) is 18.1 Å². The fourth-order valence-corrected chi connectivity index (χ4v) is 2.73. The highest BCUT2D eigenvalue weighted by molar-refractivity contribution is 6.35. The molecule has 2 rings (SSSR count). The lowest BCUT2D eigenvalue weighted by Crippen LogP contribution is -2.45. The van der Waals surface area contributed by atoms with E-state index in [1.807, 2.05) is 0 Å². The summed E-state index contributed by atoms with van der Waals surface area (Å²) >= 11 is 11.8. The van der Waals surface area contributed by atoms with Crippen LogP contribution in [0.2, 0.25) is 10.0 Å². The van der Waals surface area contributed by atoms with Crippen LogP contribution < -0.4 is 10.1 Å². The third-order valence-corrected chi connectivity index (χ3v) is 4.04. The van der Waals surface area contributed by atoms with E-state index in [9.17, 15) is 9.59 Å². The number of carbonyl (C=O) groups is 2. The summed E-state index contributed by atoms with van der Waals surface area (Å²) in [4.78, 5) is 25.6.